The van der Waals surface area contributed by atoms with Crippen LogP contribution in [-0.2, 0) is 6.18 Å². The van der Waals surface area contributed by atoms with Gasteiger partial charge in [0.15, 0.2) is 11.4 Å². The van der Waals surface area contributed by atoms with Gasteiger partial charge in [-0.2, -0.15) is 18.3 Å². The normalized spacial score (nSPS) is 11.7. The van der Waals surface area contributed by atoms with E-state index in [4.69, 9.17) is 4.74 Å². The van der Waals surface area contributed by atoms with Crippen LogP contribution in [0.4, 0.5) is 18.9 Å². The molecule has 2 amide bonds. The van der Waals surface area contributed by atoms with E-state index < -0.39 is 23.2 Å². The molecule has 2 N–H and O–H groups in total. The number of nitrogens with one attached hydrogen (secondary N) is 2. The maximum Gasteiger partial charge on any atom is 0.416 e. The molecule has 0 bridgehead atoms. The van der Waals surface area contributed by atoms with Crippen LogP contribution >= 0.6 is 0 Å². The molecule has 0 atom stereocenters. The Balaban J connectivity index is 1.91. The number of rotatable bonds is 5. The Morgan fingerprint density at radius 2 is 1.70 bits per heavy atom. The molecule has 0 unspecified atom stereocenters. The molecule has 0 radical (unpaired) electrons. The fourth-order valence-corrected chi connectivity index (χ4v) is 3.00. The third kappa shape index (κ3) is 5.71. The monoisotopic (exact) mass is 460 g/mol. The minimum absolute atomic E-state index is 0.0570. The van der Waals surface area contributed by atoms with Gasteiger partial charge in [0.2, 0.25) is 0 Å². The molecule has 2 aromatic carbocycles. The number of carbonyl (C=O) groups excluding carboxylic acids is 2. The molecule has 10 heteroatoms. The van der Waals surface area contributed by atoms with E-state index in [1.807, 2.05) is 20.8 Å². The molecule has 3 aromatic rings. The topological polar surface area (TPSA) is 85.2 Å². The Morgan fingerprint density at radius 1 is 1.00 bits per heavy atom. The fraction of sp³-hybridized carbons (Fsp3) is 0.261. The number of alkyl halides is 3. The number of para-hydroxylation sites is 1. The molecule has 7 nitrogen and oxygen atoms in total. The zero-order chi connectivity index (χ0) is 24.4. The van der Waals surface area contributed by atoms with Crippen LogP contribution < -0.4 is 15.4 Å². The lowest BCUT2D eigenvalue weighted by Crippen LogP contribution is -2.40. The number of hydrogen-bond acceptors (Lipinski definition) is 4. The van der Waals surface area contributed by atoms with Gasteiger partial charge in [0.1, 0.15) is 0 Å². The number of amides is 2. The molecule has 174 valence electrons. The zero-order valence-electron chi connectivity index (χ0n) is 18.4. The second-order valence-corrected chi connectivity index (χ2v) is 8.24. The number of benzene rings is 2. The predicted molar refractivity (Wildman–Crippen MR) is 117 cm³/mol. The predicted octanol–water partition coefficient (Wildman–Crippen LogP) is 4.68. The van der Waals surface area contributed by atoms with Crippen LogP contribution in [0.15, 0.2) is 54.7 Å². The Bertz CT molecular complexity index is 1180. The molecule has 1 heterocycles. The number of ether oxygens (including phenoxy) is 1. The number of halogens is 3. The van der Waals surface area contributed by atoms with E-state index in [2.05, 4.69) is 15.7 Å². The summed E-state index contributed by atoms with van der Waals surface area (Å²) in [7, 11) is 1.31. The van der Waals surface area contributed by atoms with Gasteiger partial charge in [0.25, 0.3) is 11.8 Å². The maximum absolute atomic E-state index is 13.1. The first kappa shape index (κ1) is 23.8. The van der Waals surface area contributed by atoms with Crippen LogP contribution in [0.3, 0.4) is 0 Å². The Hall–Kier alpha value is -3.82. The third-order valence-electron chi connectivity index (χ3n) is 4.46. The molecule has 1 aromatic heterocycles. The maximum atomic E-state index is 13.1. The van der Waals surface area contributed by atoms with Crippen LogP contribution in [0.5, 0.6) is 5.75 Å². The minimum Gasteiger partial charge on any atom is -0.493 e. The molecule has 0 saturated heterocycles. The lowest BCUT2D eigenvalue weighted by Gasteiger charge is -2.21. The summed E-state index contributed by atoms with van der Waals surface area (Å²) in [6.45, 7) is 5.49. The number of anilines is 1. The van der Waals surface area contributed by atoms with Gasteiger partial charge in [-0.15, -0.1) is 0 Å². The summed E-state index contributed by atoms with van der Waals surface area (Å²) in [5.41, 5.74) is -0.884. The lowest BCUT2D eigenvalue weighted by atomic mass is 10.1. The van der Waals surface area contributed by atoms with E-state index in [1.54, 1.807) is 24.3 Å². The molecule has 0 fully saturated rings. The number of carbonyl (C=O) groups is 2. The molecule has 0 saturated carbocycles. The second kappa shape index (κ2) is 8.97. The molecule has 0 aliphatic carbocycles. The van der Waals surface area contributed by atoms with Crippen molar-refractivity contribution in [3.05, 3.63) is 71.5 Å². The number of hydrogen-bond donors (Lipinski definition) is 2. The Labute approximate surface area is 188 Å². The molecule has 33 heavy (non-hydrogen) atoms. The molecule has 3 rings (SSSR count). The first-order chi connectivity index (χ1) is 15.4. The van der Waals surface area contributed by atoms with Crippen molar-refractivity contribution in [2.75, 3.05) is 12.4 Å². The van der Waals surface area contributed by atoms with Crippen LogP contribution in [-0.4, -0.2) is 34.2 Å². The van der Waals surface area contributed by atoms with Gasteiger partial charge < -0.3 is 15.4 Å². The van der Waals surface area contributed by atoms with E-state index in [9.17, 15) is 22.8 Å². The van der Waals surface area contributed by atoms with Crippen molar-refractivity contribution < 1.29 is 27.5 Å². The standard InChI is InChI=1S/C23H23F3N4O3/c1-22(2,3)28-20(31)16-10-5-6-11-17(16)27-21(32)19-18(33-4)13-30(29-19)15-9-7-8-14(12-15)23(24,25)26/h5-13H,1-4H3,(H,27,32)(H,28,31). The van der Waals surface area contributed by atoms with Gasteiger partial charge in [-0.1, -0.05) is 18.2 Å². The molecule has 0 aliphatic rings. The molecular formula is C23H23F3N4O3. The highest BCUT2D eigenvalue weighted by atomic mass is 19.4. The first-order valence-corrected chi connectivity index (χ1v) is 9.93. The van der Waals surface area contributed by atoms with E-state index in [0.29, 0.717) is 0 Å². The van der Waals surface area contributed by atoms with Crippen molar-refractivity contribution in [2.24, 2.45) is 0 Å². The number of methoxy groups -OCH3 is 1. The van der Waals surface area contributed by atoms with Gasteiger partial charge in [0, 0.05) is 5.54 Å². The van der Waals surface area contributed by atoms with Gasteiger partial charge in [-0.25, -0.2) is 4.68 Å². The third-order valence-corrected chi connectivity index (χ3v) is 4.46. The second-order valence-electron chi connectivity index (χ2n) is 8.24. The van der Waals surface area contributed by atoms with Crippen LogP contribution in [0.1, 0.15) is 47.2 Å². The van der Waals surface area contributed by atoms with Gasteiger partial charge in [-0.05, 0) is 51.1 Å². The largest absolute Gasteiger partial charge is 0.493 e. The summed E-state index contributed by atoms with van der Waals surface area (Å²) in [4.78, 5) is 25.6. The van der Waals surface area contributed by atoms with E-state index in [1.165, 1.54) is 25.4 Å². The van der Waals surface area contributed by atoms with Crippen LogP contribution in [0, 0.1) is 0 Å². The van der Waals surface area contributed by atoms with Crippen molar-refractivity contribution in [3.8, 4) is 11.4 Å². The smallest absolute Gasteiger partial charge is 0.416 e. The average Bonchev–Trinajstić information content (AvgIpc) is 3.17. The quantitative estimate of drug-likeness (QED) is 0.579. The first-order valence-electron chi connectivity index (χ1n) is 9.93. The summed E-state index contributed by atoms with van der Waals surface area (Å²) in [5, 5.41) is 9.58. The molecule has 0 spiro atoms. The van der Waals surface area contributed by atoms with Crippen LogP contribution in [0.25, 0.3) is 5.69 Å². The minimum atomic E-state index is -4.52. The summed E-state index contributed by atoms with van der Waals surface area (Å²) in [5.74, 6) is -1.00. The lowest BCUT2D eigenvalue weighted by molar-refractivity contribution is -0.137. The van der Waals surface area contributed by atoms with Gasteiger partial charge >= 0.3 is 6.18 Å². The Morgan fingerprint density at radius 3 is 2.33 bits per heavy atom. The van der Waals surface area contributed by atoms with E-state index in [0.717, 1.165) is 16.8 Å². The van der Waals surface area contributed by atoms with Crippen LogP contribution in [0.2, 0.25) is 0 Å². The Kier molecular flexibility index (Phi) is 6.48. The van der Waals surface area contributed by atoms with E-state index >= 15 is 0 Å². The fourth-order valence-electron chi connectivity index (χ4n) is 3.00. The summed E-state index contributed by atoms with van der Waals surface area (Å²) < 4.78 is 45.5. The van der Waals surface area contributed by atoms with Crippen molar-refractivity contribution in [3.63, 3.8) is 0 Å². The average molecular weight is 460 g/mol. The van der Waals surface area contributed by atoms with E-state index in [-0.39, 0.29) is 34.3 Å². The molecular weight excluding hydrogens is 437 g/mol. The molecule has 0 aliphatic heterocycles. The highest BCUT2D eigenvalue weighted by molar-refractivity contribution is 6.09. The number of nitrogens with zero attached hydrogens (tertiary/aromatic N) is 2. The van der Waals surface area contributed by atoms with Gasteiger partial charge in [0.05, 0.1) is 35.8 Å². The van der Waals surface area contributed by atoms with Gasteiger partial charge in [-0.3, -0.25) is 9.59 Å². The summed E-state index contributed by atoms with van der Waals surface area (Å²) in [6, 6.07) is 11.0. The summed E-state index contributed by atoms with van der Waals surface area (Å²) in [6.07, 6.45) is -3.21. The highest BCUT2D eigenvalue weighted by Crippen LogP contribution is 2.31. The SMILES string of the molecule is COc1cn(-c2cccc(C(F)(F)F)c2)nc1C(=O)Nc1ccccc1C(=O)NC(C)(C)C. The summed E-state index contributed by atoms with van der Waals surface area (Å²) >= 11 is 0. The van der Waals surface area contributed by atoms with Crippen molar-refractivity contribution in [1.29, 1.82) is 0 Å². The zero-order valence-corrected chi connectivity index (χ0v) is 18.4. The van der Waals surface area contributed by atoms with Crippen molar-refractivity contribution >= 4 is 17.5 Å². The number of aromatic nitrogens is 2. The van der Waals surface area contributed by atoms with Crippen molar-refractivity contribution in [2.45, 2.75) is 32.5 Å². The highest BCUT2D eigenvalue weighted by Gasteiger charge is 2.31. The van der Waals surface area contributed by atoms with Crippen molar-refractivity contribution in [1.82, 2.24) is 15.1 Å².